The molecule has 26 heavy (non-hydrogen) atoms. The number of fused-ring (bicyclic) bond motifs is 3. The molecule has 0 aliphatic carbocycles. The highest BCUT2D eigenvalue weighted by molar-refractivity contribution is 7.86. The molecular formula is C21H22N2OS2. The molecule has 5 heteroatoms. The molecule has 0 amide bonds. The Balaban J connectivity index is 1.82. The Bertz CT molecular complexity index is 1060. The Morgan fingerprint density at radius 3 is 2.65 bits per heavy atom. The van der Waals surface area contributed by atoms with Crippen molar-refractivity contribution in [1.29, 1.82) is 0 Å². The van der Waals surface area contributed by atoms with Crippen molar-refractivity contribution in [2.75, 3.05) is 5.75 Å². The highest BCUT2D eigenvalue weighted by Crippen LogP contribution is 2.37. The Morgan fingerprint density at radius 2 is 1.96 bits per heavy atom. The molecule has 0 radical (unpaired) electrons. The lowest BCUT2D eigenvalue weighted by Gasteiger charge is -2.24. The van der Waals surface area contributed by atoms with Crippen molar-refractivity contribution in [3.05, 3.63) is 53.6 Å². The minimum Gasteiger partial charge on any atom is -0.386 e. The van der Waals surface area contributed by atoms with Gasteiger partial charge in [0.05, 0.1) is 17.0 Å². The Kier molecular flexibility index (Phi) is 4.67. The molecule has 0 saturated heterocycles. The van der Waals surface area contributed by atoms with E-state index in [2.05, 4.69) is 53.5 Å². The van der Waals surface area contributed by atoms with E-state index >= 15 is 0 Å². The van der Waals surface area contributed by atoms with Crippen LogP contribution in [0.25, 0.3) is 26.2 Å². The standard InChI is InChI=1S/C21H22N2OS2/c1-3-5-13-6-8-18-15(10-13)16-11-14(7-9-19(16)25-18)17-12-26(24)20(4-2)21(22)23-17/h3,5-11,17,20H,4,12H2,1-2H3,(H2,22,23)/b5-3+. The predicted molar refractivity (Wildman–Crippen MR) is 115 cm³/mol. The number of allylic oxidation sites excluding steroid dienone is 1. The van der Waals surface area contributed by atoms with Crippen molar-refractivity contribution in [3.63, 3.8) is 0 Å². The van der Waals surface area contributed by atoms with Crippen LogP contribution in [0.4, 0.5) is 0 Å². The average Bonchev–Trinajstić information content (AvgIpc) is 2.99. The first-order chi connectivity index (χ1) is 12.6. The molecular weight excluding hydrogens is 360 g/mol. The molecule has 1 aromatic heterocycles. The number of amidine groups is 1. The van der Waals surface area contributed by atoms with Crippen molar-refractivity contribution >= 4 is 54.2 Å². The largest absolute Gasteiger partial charge is 0.386 e. The zero-order valence-electron chi connectivity index (χ0n) is 14.9. The number of hydrogen-bond acceptors (Lipinski definition) is 4. The smallest absolute Gasteiger partial charge is 0.110 e. The average molecular weight is 383 g/mol. The number of benzene rings is 2. The fourth-order valence-electron chi connectivity index (χ4n) is 3.59. The fourth-order valence-corrected chi connectivity index (χ4v) is 6.17. The van der Waals surface area contributed by atoms with Crippen molar-refractivity contribution in [2.24, 2.45) is 10.7 Å². The van der Waals surface area contributed by atoms with Gasteiger partial charge in [0.15, 0.2) is 0 Å². The molecule has 0 bridgehead atoms. The number of hydrogen-bond donors (Lipinski definition) is 1. The summed E-state index contributed by atoms with van der Waals surface area (Å²) in [6.45, 7) is 4.04. The van der Waals surface area contributed by atoms with Crippen molar-refractivity contribution < 1.29 is 4.21 Å². The van der Waals surface area contributed by atoms with Crippen LogP contribution in [0, 0.1) is 0 Å². The van der Waals surface area contributed by atoms with Crippen LogP contribution in [0.5, 0.6) is 0 Å². The molecule has 4 rings (SSSR count). The zero-order chi connectivity index (χ0) is 18.3. The molecule has 0 spiro atoms. The van der Waals surface area contributed by atoms with Crippen LogP contribution in [0.3, 0.4) is 0 Å². The fraction of sp³-hybridized carbons (Fsp3) is 0.286. The van der Waals surface area contributed by atoms with E-state index in [0.29, 0.717) is 11.6 Å². The molecule has 3 nitrogen and oxygen atoms in total. The third-order valence-electron chi connectivity index (χ3n) is 4.91. The highest BCUT2D eigenvalue weighted by Gasteiger charge is 2.29. The lowest BCUT2D eigenvalue weighted by molar-refractivity contribution is 0.662. The van der Waals surface area contributed by atoms with E-state index in [1.54, 1.807) is 11.3 Å². The SMILES string of the molecule is C/C=C/c1ccc2sc3ccc(C4CS(=O)C(CC)C(N)=N4)cc3c2c1. The Morgan fingerprint density at radius 1 is 1.23 bits per heavy atom. The predicted octanol–water partition coefficient (Wildman–Crippen LogP) is 5.03. The summed E-state index contributed by atoms with van der Waals surface area (Å²) in [6, 6.07) is 12.9. The van der Waals surface area contributed by atoms with Crippen LogP contribution in [0.15, 0.2) is 47.5 Å². The van der Waals surface area contributed by atoms with E-state index in [1.807, 2.05) is 13.8 Å². The summed E-state index contributed by atoms with van der Waals surface area (Å²) in [4.78, 5) is 4.67. The number of nitrogens with zero attached hydrogens (tertiary/aromatic N) is 1. The first-order valence-electron chi connectivity index (χ1n) is 8.90. The molecule has 0 fully saturated rings. The highest BCUT2D eigenvalue weighted by atomic mass is 32.2. The van der Waals surface area contributed by atoms with E-state index in [4.69, 9.17) is 5.73 Å². The van der Waals surface area contributed by atoms with E-state index in [0.717, 1.165) is 12.0 Å². The van der Waals surface area contributed by atoms with Gasteiger partial charge in [0.25, 0.3) is 0 Å². The molecule has 1 aliphatic heterocycles. The van der Waals surface area contributed by atoms with Crippen LogP contribution in [0.2, 0.25) is 0 Å². The second-order valence-corrected chi connectivity index (χ2v) is 9.37. The van der Waals surface area contributed by atoms with Crippen molar-refractivity contribution in [2.45, 2.75) is 31.6 Å². The Labute approximate surface area is 160 Å². The summed E-state index contributed by atoms with van der Waals surface area (Å²) in [5.74, 6) is 1.09. The van der Waals surface area contributed by atoms with Crippen LogP contribution >= 0.6 is 11.3 Å². The maximum atomic E-state index is 12.5. The molecule has 2 aromatic carbocycles. The molecule has 0 saturated carbocycles. The third-order valence-corrected chi connectivity index (χ3v) is 7.91. The van der Waals surface area contributed by atoms with E-state index in [9.17, 15) is 4.21 Å². The minimum atomic E-state index is -0.959. The third kappa shape index (κ3) is 2.99. The van der Waals surface area contributed by atoms with E-state index < -0.39 is 10.8 Å². The summed E-state index contributed by atoms with van der Waals surface area (Å²) in [6.07, 6.45) is 4.95. The van der Waals surface area contributed by atoms with Gasteiger partial charge in [-0.3, -0.25) is 9.20 Å². The van der Waals surface area contributed by atoms with Crippen LogP contribution < -0.4 is 5.73 Å². The first kappa shape index (κ1) is 17.4. The maximum absolute atomic E-state index is 12.5. The molecule has 1 aliphatic rings. The summed E-state index contributed by atoms with van der Waals surface area (Å²) < 4.78 is 15.1. The van der Waals surface area contributed by atoms with Gasteiger partial charge in [-0.25, -0.2) is 0 Å². The van der Waals surface area contributed by atoms with Crippen LogP contribution in [0.1, 0.15) is 37.4 Å². The molecule has 3 atom stereocenters. The zero-order valence-corrected chi connectivity index (χ0v) is 16.6. The second kappa shape index (κ2) is 6.97. The number of thiophene rings is 1. The number of nitrogens with two attached hydrogens (primary N) is 1. The van der Waals surface area contributed by atoms with Crippen molar-refractivity contribution in [3.8, 4) is 0 Å². The number of rotatable bonds is 3. The topological polar surface area (TPSA) is 55.5 Å². The first-order valence-corrected chi connectivity index (χ1v) is 11.1. The van der Waals surface area contributed by atoms with Gasteiger partial charge >= 0.3 is 0 Å². The molecule has 3 aromatic rings. The molecule has 134 valence electrons. The number of aliphatic imine (C=N–C) groups is 1. The Hall–Kier alpha value is -1.98. The van der Waals surface area contributed by atoms with Gasteiger partial charge in [-0.15, -0.1) is 11.3 Å². The lowest BCUT2D eigenvalue weighted by atomic mass is 10.0. The quantitative estimate of drug-likeness (QED) is 0.691. The van der Waals surface area contributed by atoms with Gasteiger partial charge < -0.3 is 5.73 Å². The summed E-state index contributed by atoms with van der Waals surface area (Å²) in [5.41, 5.74) is 8.40. The molecule has 2 heterocycles. The maximum Gasteiger partial charge on any atom is 0.110 e. The van der Waals surface area contributed by atoms with Crippen LogP contribution in [-0.4, -0.2) is 21.0 Å². The summed E-state index contributed by atoms with van der Waals surface area (Å²) in [5, 5.41) is 2.41. The van der Waals surface area contributed by atoms with Gasteiger partial charge in [-0.05, 0) is 48.7 Å². The monoisotopic (exact) mass is 382 g/mol. The molecule has 2 N–H and O–H groups in total. The van der Waals surface area contributed by atoms with Gasteiger partial charge in [0.1, 0.15) is 5.84 Å². The summed E-state index contributed by atoms with van der Waals surface area (Å²) >= 11 is 1.80. The van der Waals surface area contributed by atoms with Gasteiger partial charge in [0.2, 0.25) is 0 Å². The van der Waals surface area contributed by atoms with E-state index in [-0.39, 0.29) is 11.3 Å². The van der Waals surface area contributed by atoms with E-state index in [1.165, 1.54) is 25.7 Å². The second-order valence-electron chi connectivity index (χ2n) is 6.63. The minimum absolute atomic E-state index is 0.0969. The van der Waals surface area contributed by atoms with Crippen molar-refractivity contribution in [1.82, 2.24) is 0 Å². The lowest BCUT2D eigenvalue weighted by Crippen LogP contribution is -2.38. The normalized spacial score (nSPS) is 23.8. The molecule has 3 unspecified atom stereocenters. The van der Waals surface area contributed by atoms with Gasteiger partial charge in [0, 0.05) is 31.0 Å². The summed E-state index contributed by atoms with van der Waals surface area (Å²) in [7, 11) is -0.959. The van der Waals surface area contributed by atoms with Gasteiger partial charge in [-0.2, -0.15) is 0 Å². The van der Waals surface area contributed by atoms with Crippen LogP contribution in [-0.2, 0) is 10.8 Å². The van der Waals surface area contributed by atoms with Gasteiger partial charge in [-0.1, -0.05) is 31.2 Å².